The summed E-state index contributed by atoms with van der Waals surface area (Å²) in [6.07, 6.45) is 0.707. The largest absolute Gasteiger partial charge is 0.492 e. The van der Waals surface area contributed by atoms with E-state index in [-0.39, 0.29) is 11.8 Å². The number of rotatable bonds is 5. The summed E-state index contributed by atoms with van der Waals surface area (Å²) in [6.45, 7) is 3.19. The number of ether oxygens (including phenoxy) is 1. The van der Waals surface area contributed by atoms with Crippen LogP contribution < -0.4 is 10.1 Å². The molecule has 0 bridgehead atoms. The van der Waals surface area contributed by atoms with E-state index in [0.29, 0.717) is 25.3 Å². The standard InChI is InChI=1S/C13H18BrNO3S/c1-10-2-3-11(14)8-13(10)18-6-5-15-12-4-7-19(16,17)9-12/h2-3,8,12,15H,4-7,9H2,1H3. The zero-order valence-corrected chi connectivity index (χ0v) is 13.3. The highest BCUT2D eigenvalue weighted by atomic mass is 79.9. The Hall–Kier alpha value is -0.590. The van der Waals surface area contributed by atoms with E-state index < -0.39 is 9.84 Å². The molecule has 1 N–H and O–H groups in total. The van der Waals surface area contributed by atoms with Gasteiger partial charge in [-0.2, -0.15) is 0 Å². The van der Waals surface area contributed by atoms with Crippen LogP contribution in [0.25, 0.3) is 0 Å². The predicted molar refractivity (Wildman–Crippen MR) is 79.4 cm³/mol. The molecule has 0 radical (unpaired) electrons. The smallest absolute Gasteiger partial charge is 0.151 e. The van der Waals surface area contributed by atoms with Crippen molar-refractivity contribution in [2.75, 3.05) is 24.7 Å². The van der Waals surface area contributed by atoms with Gasteiger partial charge in [0.05, 0.1) is 11.5 Å². The fourth-order valence-electron chi connectivity index (χ4n) is 2.11. The Balaban J connectivity index is 1.74. The van der Waals surface area contributed by atoms with Gasteiger partial charge in [0.2, 0.25) is 0 Å². The van der Waals surface area contributed by atoms with Crippen LogP contribution in [0.3, 0.4) is 0 Å². The van der Waals surface area contributed by atoms with Gasteiger partial charge >= 0.3 is 0 Å². The quantitative estimate of drug-likeness (QED) is 0.826. The van der Waals surface area contributed by atoms with Crippen LogP contribution in [-0.2, 0) is 9.84 Å². The Kier molecular flexibility index (Phi) is 4.86. The van der Waals surface area contributed by atoms with E-state index in [4.69, 9.17) is 4.74 Å². The Bertz CT molecular complexity index is 545. The van der Waals surface area contributed by atoms with Crippen molar-refractivity contribution in [1.29, 1.82) is 0 Å². The second kappa shape index (κ2) is 6.24. The second-order valence-corrected chi connectivity index (χ2v) is 7.96. The Morgan fingerprint density at radius 1 is 1.47 bits per heavy atom. The van der Waals surface area contributed by atoms with Crippen LogP contribution in [0.4, 0.5) is 0 Å². The molecule has 1 fully saturated rings. The normalized spacial score (nSPS) is 21.5. The number of aryl methyl sites for hydroxylation is 1. The van der Waals surface area contributed by atoms with Gasteiger partial charge < -0.3 is 10.1 Å². The molecule has 4 nitrogen and oxygen atoms in total. The minimum atomic E-state index is -2.81. The lowest BCUT2D eigenvalue weighted by Gasteiger charge is -2.13. The summed E-state index contributed by atoms with van der Waals surface area (Å²) in [5.74, 6) is 1.41. The minimum absolute atomic E-state index is 0.0807. The molecule has 0 saturated carbocycles. The van der Waals surface area contributed by atoms with Gasteiger partial charge in [-0.1, -0.05) is 22.0 Å². The van der Waals surface area contributed by atoms with E-state index in [1.54, 1.807) is 0 Å². The zero-order chi connectivity index (χ0) is 13.9. The first-order valence-corrected chi connectivity index (χ1v) is 8.90. The van der Waals surface area contributed by atoms with Gasteiger partial charge in [-0.05, 0) is 31.0 Å². The molecule has 1 aliphatic heterocycles. The van der Waals surface area contributed by atoms with E-state index in [9.17, 15) is 8.42 Å². The molecular weight excluding hydrogens is 330 g/mol. The van der Waals surface area contributed by atoms with Crippen molar-refractivity contribution in [3.05, 3.63) is 28.2 Å². The number of sulfone groups is 1. The first kappa shape index (κ1) is 14.8. The average molecular weight is 348 g/mol. The molecule has 1 atom stereocenters. The van der Waals surface area contributed by atoms with Crippen LogP contribution in [0.5, 0.6) is 5.75 Å². The maximum Gasteiger partial charge on any atom is 0.151 e. The summed E-state index contributed by atoms with van der Waals surface area (Å²) in [6, 6.07) is 5.99. The molecule has 6 heteroatoms. The van der Waals surface area contributed by atoms with Crippen molar-refractivity contribution in [1.82, 2.24) is 5.32 Å². The molecule has 1 unspecified atom stereocenters. The topological polar surface area (TPSA) is 55.4 Å². The summed E-state index contributed by atoms with van der Waals surface area (Å²) in [5.41, 5.74) is 1.09. The highest BCUT2D eigenvalue weighted by molar-refractivity contribution is 9.10. The van der Waals surface area contributed by atoms with Crippen molar-refractivity contribution in [2.45, 2.75) is 19.4 Å². The molecule has 1 heterocycles. The average Bonchev–Trinajstić information content (AvgIpc) is 2.69. The van der Waals surface area contributed by atoms with Crippen LogP contribution in [0.15, 0.2) is 22.7 Å². The Morgan fingerprint density at radius 3 is 2.95 bits per heavy atom. The highest BCUT2D eigenvalue weighted by Gasteiger charge is 2.26. The number of benzene rings is 1. The van der Waals surface area contributed by atoms with E-state index in [2.05, 4.69) is 21.2 Å². The first-order chi connectivity index (χ1) is 8.96. The summed E-state index contributed by atoms with van der Waals surface area (Å²) in [4.78, 5) is 0. The van der Waals surface area contributed by atoms with Crippen LogP contribution in [0, 0.1) is 6.92 Å². The van der Waals surface area contributed by atoms with Gasteiger partial charge in [-0.25, -0.2) is 8.42 Å². The van der Waals surface area contributed by atoms with E-state index in [1.807, 2.05) is 25.1 Å². The van der Waals surface area contributed by atoms with Crippen molar-refractivity contribution in [3.63, 3.8) is 0 Å². The number of nitrogens with one attached hydrogen (secondary N) is 1. The predicted octanol–water partition coefficient (Wildman–Crippen LogP) is 1.91. The van der Waals surface area contributed by atoms with Gasteiger partial charge in [0.25, 0.3) is 0 Å². The molecule has 0 amide bonds. The van der Waals surface area contributed by atoms with Crippen molar-refractivity contribution < 1.29 is 13.2 Å². The van der Waals surface area contributed by atoms with Crippen LogP contribution in [0.2, 0.25) is 0 Å². The molecule has 106 valence electrons. The monoisotopic (exact) mass is 347 g/mol. The van der Waals surface area contributed by atoms with E-state index in [0.717, 1.165) is 15.8 Å². The third kappa shape index (κ3) is 4.47. The Labute approximate surface area is 122 Å². The maximum absolute atomic E-state index is 11.3. The molecule has 1 aromatic carbocycles. The van der Waals surface area contributed by atoms with Crippen LogP contribution in [0.1, 0.15) is 12.0 Å². The molecule has 0 aromatic heterocycles. The minimum Gasteiger partial charge on any atom is -0.492 e. The van der Waals surface area contributed by atoms with Crippen molar-refractivity contribution >= 4 is 25.8 Å². The second-order valence-electron chi connectivity index (χ2n) is 4.81. The van der Waals surface area contributed by atoms with Gasteiger partial charge in [0.1, 0.15) is 12.4 Å². The number of hydrogen-bond donors (Lipinski definition) is 1. The van der Waals surface area contributed by atoms with Gasteiger partial charge in [-0.15, -0.1) is 0 Å². The summed E-state index contributed by atoms with van der Waals surface area (Å²) in [7, 11) is -2.81. The molecule has 0 aliphatic carbocycles. The molecule has 2 rings (SSSR count). The van der Waals surface area contributed by atoms with E-state index in [1.165, 1.54) is 0 Å². The van der Waals surface area contributed by atoms with Crippen molar-refractivity contribution in [3.8, 4) is 5.75 Å². The van der Waals surface area contributed by atoms with E-state index >= 15 is 0 Å². The fourth-order valence-corrected chi connectivity index (χ4v) is 4.16. The van der Waals surface area contributed by atoms with Gasteiger partial charge in [-0.3, -0.25) is 0 Å². The lowest BCUT2D eigenvalue weighted by atomic mass is 10.2. The Morgan fingerprint density at radius 2 is 2.26 bits per heavy atom. The zero-order valence-electron chi connectivity index (χ0n) is 10.9. The summed E-state index contributed by atoms with van der Waals surface area (Å²) in [5, 5.41) is 3.23. The fraction of sp³-hybridized carbons (Fsp3) is 0.538. The highest BCUT2D eigenvalue weighted by Crippen LogP contribution is 2.22. The summed E-state index contributed by atoms with van der Waals surface area (Å²) < 4.78 is 29.3. The SMILES string of the molecule is Cc1ccc(Br)cc1OCCNC1CCS(=O)(=O)C1. The van der Waals surface area contributed by atoms with Crippen molar-refractivity contribution in [2.24, 2.45) is 0 Å². The molecular formula is C13H18BrNO3S. The maximum atomic E-state index is 11.3. The molecule has 1 saturated heterocycles. The number of halogens is 1. The third-order valence-electron chi connectivity index (χ3n) is 3.18. The third-order valence-corrected chi connectivity index (χ3v) is 5.44. The van der Waals surface area contributed by atoms with Crippen LogP contribution >= 0.6 is 15.9 Å². The summed E-state index contributed by atoms with van der Waals surface area (Å²) >= 11 is 3.41. The molecule has 1 aliphatic rings. The van der Waals surface area contributed by atoms with Gasteiger partial charge in [0, 0.05) is 17.1 Å². The lowest BCUT2D eigenvalue weighted by Crippen LogP contribution is -2.33. The molecule has 19 heavy (non-hydrogen) atoms. The van der Waals surface area contributed by atoms with Crippen LogP contribution in [-0.4, -0.2) is 39.1 Å². The van der Waals surface area contributed by atoms with Gasteiger partial charge in [0.15, 0.2) is 9.84 Å². The lowest BCUT2D eigenvalue weighted by molar-refractivity contribution is 0.305. The number of hydrogen-bond acceptors (Lipinski definition) is 4. The first-order valence-electron chi connectivity index (χ1n) is 6.29. The molecule has 1 aromatic rings. The molecule has 0 spiro atoms.